The second-order valence-electron chi connectivity index (χ2n) is 10.2. The molecule has 0 N–H and O–H groups in total. The zero-order chi connectivity index (χ0) is 22.8. The van der Waals surface area contributed by atoms with Crippen LogP contribution in [0.25, 0.3) is 10.8 Å². The normalized spacial score (nSPS) is 19.7. The first kappa shape index (κ1) is 24.8. The van der Waals surface area contributed by atoms with Gasteiger partial charge in [-0.15, -0.1) is 0 Å². The van der Waals surface area contributed by atoms with Crippen LogP contribution in [0, 0.1) is 11.8 Å². The van der Waals surface area contributed by atoms with Crippen LogP contribution in [-0.2, 0) is 4.79 Å². The van der Waals surface area contributed by atoms with Crippen molar-refractivity contribution in [2.75, 3.05) is 0 Å². The molecule has 0 bridgehead atoms. The molecule has 0 spiro atoms. The summed E-state index contributed by atoms with van der Waals surface area (Å²) in [5.74, 6) is 2.13. The molecule has 0 aliphatic heterocycles. The minimum atomic E-state index is -0.0336. The van der Waals surface area contributed by atoms with Gasteiger partial charge in [-0.2, -0.15) is 0 Å². The Morgan fingerprint density at radius 2 is 1.56 bits per heavy atom. The van der Waals surface area contributed by atoms with E-state index in [4.69, 9.17) is 4.74 Å². The predicted octanol–water partition coefficient (Wildman–Crippen LogP) is 9.21. The number of hydrogen-bond donors (Lipinski definition) is 0. The summed E-state index contributed by atoms with van der Waals surface area (Å²) in [6.07, 6.45) is 16.2. The number of ether oxygens (including phenoxy) is 1. The molecule has 2 aromatic rings. The van der Waals surface area contributed by atoms with Crippen molar-refractivity contribution in [3.8, 4) is 5.75 Å². The Morgan fingerprint density at radius 3 is 2.31 bits per heavy atom. The van der Waals surface area contributed by atoms with Gasteiger partial charge < -0.3 is 4.74 Å². The molecule has 0 aromatic heterocycles. The van der Waals surface area contributed by atoms with Gasteiger partial charge in [-0.1, -0.05) is 96.4 Å². The van der Waals surface area contributed by atoms with Gasteiger partial charge in [0.25, 0.3) is 0 Å². The first-order valence-electron chi connectivity index (χ1n) is 13.4. The van der Waals surface area contributed by atoms with Crippen LogP contribution in [-0.4, -0.2) is 5.97 Å². The summed E-state index contributed by atoms with van der Waals surface area (Å²) in [5, 5.41) is 2.38. The summed E-state index contributed by atoms with van der Waals surface area (Å²) in [6, 6.07) is 12.8. The zero-order valence-corrected chi connectivity index (χ0v) is 20.7. The predicted molar refractivity (Wildman–Crippen MR) is 136 cm³/mol. The van der Waals surface area contributed by atoms with Crippen molar-refractivity contribution in [3.05, 3.63) is 42.0 Å². The molecule has 2 nitrogen and oxygen atoms in total. The highest BCUT2D eigenvalue weighted by atomic mass is 16.5. The van der Waals surface area contributed by atoms with Crippen LogP contribution in [0.2, 0.25) is 0 Å². The highest BCUT2D eigenvalue weighted by molar-refractivity contribution is 5.85. The van der Waals surface area contributed by atoms with E-state index in [0.717, 1.165) is 24.1 Å². The Kier molecular flexibility index (Phi) is 10.1. The standard InChI is InChI=1S/C30H44O2/c1-4-6-8-10-11-23(3)26-17-18-28-22-29(20-19-27(28)21-26)32-30(31)25-15-13-24(14-16-25)12-9-7-5-2/h17-25H,4-16H2,1-3H3/t23-,24?,25?/m1/s1. The fraction of sp³-hybridized carbons (Fsp3) is 0.633. The van der Waals surface area contributed by atoms with Gasteiger partial charge in [-0.3, -0.25) is 4.79 Å². The Hall–Kier alpha value is -1.83. The molecule has 0 amide bonds. The molecular formula is C30H44O2. The Balaban J connectivity index is 1.52. The van der Waals surface area contributed by atoms with Gasteiger partial charge in [0.05, 0.1) is 5.92 Å². The van der Waals surface area contributed by atoms with E-state index in [9.17, 15) is 4.79 Å². The second-order valence-corrected chi connectivity index (χ2v) is 10.2. The minimum Gasteiger partial charge on any atom is -0.426 e. The number of unbranched alkanes of at least 4 members (excludes halogenated alkanes) is 5. The molecule has 1 saturated carbocycles. The largest absolute Gasteiger partial charge is 0.426 e. The maximum absolute atomic E-state index is 12.7. The Morgan fingerprint density at radius 1 is 0.875 bits per heavy atom. The van der Waals surface area contributed by atoms with Crippen LogP contribution in [0.15, 0.2) is 36.4 Å². The average Bonchev–Trinajstić information content (AvgIpc) is 2.82. The van der Waals surface area contributed by atoms with Crippen molar-refractivity contribution in [1.29, 1.82) is 0 Å². The number of benzene rings is 2. The zero-order valence-electron chi connectivity index (χ0n) is 20.7. The fourth-order valence-electron chi connectivity index (χ4n) is 5.23. The third-order valence-corrected chi connectivity index (χ3v) is 7.51. The van der Waals surface area contributed by atoms with Crippen LogP contribution in [0.4, 0.5) is 0 Å². The highest BCUT2D eigenvalue weighted by Gasteiger charge is 2.27. The van der Waals surface area contributed by atoms with Crippen molar-refractivity contribution in [2.24, 2.45) is 11.8 Å². The maximum Gasteiger partial charge on any atom is 0.314 e. The highest BCUT2D eigenvalue weighted by Crippen LogP contribution is 2.33. The molecule has 176 valence electrons. The molecule has 3 rings (SSSR count). The van der Waals surface area contributed by atoms with Gasteiger partial charge in [0, 0.05) is 0 Å². The van der Waals surface area contributed by atoms with Crippen molar-refractivity contribution in [3.63, 3.8) is 0 Å². The fourth-order valence-corrected chi connectivity index (χ4v) is 5.23. The Labute approximate surface area is 196 Å². The number of carbonyl (C=O) groups is 1. The molecule has 2 aromatic carbocycles. The van der Waals surface area contributed by atoms with Crippen LogP contribution in [0.5, 0.6) is 5.75 Å². The first-order chi connectivity index (χ1) is 15.6. The number of esters is 1. The molecular weight excluding hydrogens is 392 g/mol. The molecule has 1 fully saturated rings. The van der Waals surface area contributed by atoms with Gasteiger partial charge in [-0.05, 0) is 72.4 Å². The van der Waals surface area contributed by atoms with Gasteiger partial charge in [0.15, 0.2) is 0 Å². The van der Waals surface area contributed by atoms with Gasteiger partial charge >= 0.3 is 5.97 Å². The maximum atomic E-state index is 12.7. The van der Waals surface area contributed by atoms with Crippen molar-refractivity contribution in [2.45, 2.75) is 110 Å². The van der Waals surface area contributed by atoms with Gasteiger partial charge in [0.2, 0.25) is 0 Å². The molecule has 2 heteroatoms. The third kappa shape index (κ3) is 7.36. The van der Waals surface area contributed by atoms with Crippen molar-refractivity contribution >= 4 is 16.7 Å². The number of hydrogen-bond acceptors (Lipinski definition) is 2. The first-order valence-corrected chi connectivity index (χ1v) is 13.4. The van der Waals surface area contributed by atoms with Crippen LogP contribution in [0.1, 0.15) is 116 Å². The van der Waals surface area contributed by atoms with Gasteiger partial charge in [0.1, 0.15) is 5.75 Å². The van der Waals surface area contributed by atoms with Crippen molar-refractivity contribution < 1.29 is 9.53 Å². The Bertz CT molecular complexity index is 832. The number of carbonyl (C=O) groups excluding carboxylic acids is 1. The minimum absolute atomic E-state index is 0.0336. The molecule has 1 atom stereocenters. The van der Waals surface area contributed by atoms with E-state index >= 15 is 0 Å². The number of fused-ring (bicyclic) bond motifs is 1. The molecule has 1 aliphatic carbocycles. The molecule has 0 unspecified atom stereocenters. The SMILES string of the molecule is CCCCCC[C@@H](C)c1ccc2cc(OC(=O)C3CCC(CCCCC)CC3)ccc2c1. The van der Waals surface area contributed by atoms with Crippen LogP contribution >= 0.6 is 0 Å². The summed E-state index contributed by atoms with van der Waals surface area (Å²) in [5.41, 5.74) is 1.41. The molecule has 0 heterocycles. The number of rotatable bonds is 12. The third-order valence-electron chi connectivity index (χ3n) is 7.51. The van der Waals surface area contributed by atoms with Gasteiger partial charge in [-0.25, -0.2) is 0 Å². The van der Waals surface area contributed by atoms with E-state index in [1.165, 1.54) is 81.6 Å². The van der Waals surface area contributed by atoms with Crippen LogP contribution < -0.4 is 4.74 Å². The summed E-state index contributed by atoms with van der Waals surface area (Å²) < 4.78 is 5.81. The van der Waals surface area contributed by atoms with E-state index in [1.807, 2.05) is 12.1 Å². The summed E-state index contributed by atoms with van der Waals surface area (Å²) >= 11 is 0. The quantitative estimate of drug-likeness (QED) is 0.188. The summed E-state index contributed by atoms with van der Waals surface area (Å²) in [6.45, 7) is 6.86. The lowest BCUT2D eigenvalue weighted by molar-refractivity contribution is -0.140. The molecule has 0 saturated heterocycles. The van der Waals surface area contributed by atoms with E-state index in [0.29, 0.717) is 11.7 Å². The van der Waals surface area contributed by atoms with Crippen LogP contribution in [0.3, 0.4) is 0 Å². The lowest BCUT2D eigenvalue weighted by atomic mass is 9.80. The van der Waals surface area contributed by atoms with E-state index in [1.54, 1.807) is 0 Å². The lowest BCUT2D eigenvalue weighted by Gasteiger charge is -2.27. The monoisotopic (exact) mass is 436 g/mol. The van der Waals surface area contributed by atoms with Crippen molar-refractivity contribution in [1.82, 2.24) is 0 Å². The average molecular weight is 437 g/mol. The molecule has 0 radical (unpaired) electrons. The summed E-state index contributed by atoms with van der Waals surface area (Å²) in [7, 11) is 0. The molecule has 1 aliphatic rings. The van der Waals surface area contributed by atoms with E-state index < -0.39 is 0 Å². The lowest BCUT2D eigenvalue weighted by Crippen LogP contribution is -2.25. The van der Waals surface area contributed by atoms with E-state index in [-0.39, 0.29) is 11.9 Å². The smallest absolute Gasteiger partial charge is 0.314 e. The molecule has 32 heavy (non-hydrogen) atoms. The summed E-state index contributed by atoms with van der Waals surface area (Å²) in [4.78, 5) is 12.7. The topological polar surface area (TPSA) is 26.3 Å². The second kappa shape index (κ2) is 13.0. The van der Waals surface area contributed by atoms with E-state index in [2.05, 4.69) is 45.0 Å².